The lowest BCUT2D eigenvalue weighted by Gasteiger charge is -2.18. The van der Waals surface area contributed by atoms with Gasteiger partial charge in [0.1, 0.15) is 5.69 Å². The predicted molar refractivity (Wildman–Crippen MR) is 60.8 cm³/mol. The Bertz CT molecular complexity index is 535. The van der Waals surface area contributed by atoms with Gasteiger partial charge < -0.3 is 5.32 Å². The highest BCUT2D eigenvalue weighted by Gasteiger charge is 2.30. The van der Waals surface area contributed by atoms with Crippen molar-refractivity contribution in [3.8, 4) is 0 Å². The Labute approximate surface area is 96.4 Å². The predicted octanol–water partition coefficient (Wildman–Crippen LogP) is 1.36. The molecule has 1 aromatic heterocycles. The molecule has 8 heteroatoms. The van der Waals surface area contributed by atoms with Crippen LogP contribution in [0.15, 0.2) is 14.6 Å². The van der Waals surface area contributed by atoms with Gasteiger partial charge in [-0.3, -0.25) is 4.99 Å². The van der Waals surface area contributed by atoms with Crippen molar-refractivity contribution in [2.75, 3.05) is 11.9 Å². The summed E-state index contributed by atoms with van der Waals surface area (Å²) in [6.07, 6.45) is 0.784. The first-order valence-corrected chi connectivity index (χ1v) is 7.02. The summed E-state index contributed by atoms with van der Waals surface area (Å²) < 4.78 is 38.8. The molecule has 0 saturated heterocycles. The van der Waals surface area contributed by atoms with Crippen LogP contribution in [0.4, 0.5) is 10.1 Å². The van der Waals surface area contributed by atoms with E-state index in [9.17, 15) is 12.8 Å². The zero-order valence-corrected chi connectivity index (χ0v) is 10.1. The molecule has 1 aliphatic heterocycles. The number of anilines is 1. The highest BCUT2D eigenvalue weighted by Crippen LogP contribution is 2.33. The van der Waals surface area contributed by atoms with E-state index in [1.807, 2.05) is 6.92 Å². The molecule has 2 heterocycles. The molecule has 1 aliphatic rings. The summed E-state index contributed by atoms with van der Waals surface area (Å²) in [7, 11) is -3.67. The smallest absolute Gasteiger partial charge is 0.275 e. The fourth-order valence-electron chi connectivity index (χ4n) is 1.24. The van der Waals surface area contributed by atoms with Crippen LogP contribution in [-0.4, -0.2) is 20.9 Å². The average molecular weight is 263 g/mol. The molecule has 2 rings (SSSR count). The zero-order valence-electron chi connectivity index (χ0n) is 8.45. The third-order valence-electron chi connectivity index (χ3n) is 1.92. The molecule has 0 unspecified atom stereocenters. The van der Waals surface area contributed by atoms with Crippen molar-refractivity contribution < 1.29 is 12.8 Å². The number of thiophene rings is 1. The van der Waals surface area contributed by atoms with Crippen LogP contribution in [0.5, 0.6) is 0 Å². The van der Waals surface area contributed by atoms with Crippen LogP contribution < -0.4 is 10.0 Å². The molecule has 0 aromatic carbocycles. The van der Waals surface area contributed by atoms with Crippen LogP contribution in [0.3, 0.4) is 0 Å². The van der Waals surface area contributed by atoms with Gasteiger partial charge in [0.05, 0.1) is 0 Å². The summed E-state index contributed by atoms with van der Waals surface area (Å²) in [5.74, 6) is -0.499. The van der Waals surface area contributed by atoms with Gasteiger partial charge in [-0.25, -0.2) is 17.5 Å². The van der Waals surface area contributed by atoms with Gasteiger partial charge in [-0.15, -0.1) is 11.3 Å². The van der Waals surface area contributed by atoms with Gasteiger partial charge in [-0.2, -0.15) is 0 Å². The van der Waals surface area contributed by atoms with E-state index in [1.165, 1.54) is 0 Å². The van der Waals surface area contributed by atoms with E-state index in [0.29, 0.717) is 6.54 Å². The van der Waals surface area contributed by atoms with Gasteiger partial charge in [0, 0.05) is 11.9 Å². The lowest BCUT2D eigenvalue weighted by atomic mass is 10.5. The van der Waals surface area contributed by atoms with Crippen molar-refractivity contribution in [2.45, 2.75) is 17.6 Å². The van der Waals surface area contributed by atoms with Crippen LogP contribution in [0.25, 0.3) is 0 Å². The number of sulfonamides is 1. The maximum Gasteiger partial charge on any atom is 0.275 e. The minimum atomic E-state index is -3.67. The molecule has 0 atom stereocenters. The second-order valence-corrected chi connectivity index (χ2v) is 5.96. The third-order valence-corrected chi connectivity index (χ3v) is 4.77. The fraction of sp³-hybridized carbons (Fsp3) is 0.375. The number of rotatable bonds is 2. The van der Waals surface area contributed by atoms with E-state index in [4.69, 9.17) is 0 Å². The lowest BCUT2D eigenvalue weighted by molar-refractivity contribution is 0.591. The molecule has 1 aromatic rings. The maximum absolute atomic E-state index is 13.3. The fourth-order valence-corrected chi connectivity index (χ4v) is 3.49. The number of nitrogens with zero attached hydrogens (tertiary/aromatic N) is 1. The first kappa shape index (κ1) is 11.3. The summed E-state index contributed by atoms with van der Waals surface area (Å²) in [4.78, 5) is 3.97. The largest absolute Gasteiger partial charge is 0.321 e. The molecule has 16 heavy (non-hydrogen) atoms. The van der Waals surface area contributed by atoms with E-state index < -0.39 is 15.8 Å². The van der Waals surface area contributed by atoms with Gasteiger partial charge >= 0.3 is 0 Å². The highest BCUT2D eigenvalue weighted by molar-refractivity contribution is 7.92. The normalized spacial score (nSPS) is 20.0. The van der Waals surface area contributed by atoms with E-state index in [1.54, 1.807) is 0 Å². The summed E-state index contributed by atoms with van der Waals surface area (Å²) in [5, 5.41) is 3.78. The highest BCUT2D eigenvalue weighted by atomic mass is 32.2. The minimum Gasteiger partial charge on any atom is -0.321 e. The Balaban J connectivity index is 2.43. The van der Waals surface area contributed by atoms with Gasteiger partial charge in [0.2, 0.25) is 5.96 Å². The summed E-state index contributed by atoms with van der Waals surface area (Å²) in [5.41, 5.74) is -0.0152. The van der Waals surface area contributed by atoms with Crippen LogP contribution in [0.1, 0.15) is 13.3 Å². The van der Waals surface area contributed by atoms with E-state index >= 15 is 0 Å². The third kappa shape index (κ3) is 1.90. The minimum absolute atomic E-state index is 0.0152. The molecule has 0 spiro atoms. The Morgan fingerprint density at radius 1 is 1.56 bits per heavy atom. The maximum atomic E-state index is 13.3. The zero-order chi connectivity index (χ0) is 11.8. The molecular weight excluding hydrogens is 253 g/mol. The van der Waals surface area contributed by atoms with Gasteiger partial charge in [-0.05, 0) is 6.42 Å². The monoisotopic (exact) mass is 263 g/mol. The van der Waals surface area contributed by atoms with Gasteiger partial charge in [0.15, 0.2) is 10.0 Å². The number of hydrogen-bond donors (Lipinski definition) is 2. The topological polar surface area (TPSA) is 70.6 Å². The van der Waals surface area contributed by atoms with Crippen molar-refractivity contribution in [2.24, 2.45) is 4.99 Å². The summed E-state index contributed by atoms with van der Waals surface area (Å²) in [6, 6.07) is 0. The second kappa shape index (κ2) is 4.02. The number of fused-ring (bicyclic) bond motifs is 1. The van der Waals surface area contributed by atoms with Crippen LogP contribution in [0, 0.1) is 5.82 Å². The molecule has 5 nitrogen and oxygen atoms in total. The number of aliphatic imine (C=N–C) groups is 1. The van der Waals surface area contributed by atoms with Crippen molar-refractivity contribution in [1.29, 1.82) is 0 Å². The Hall–Kier alpha value is -1.15. The molecule has 88 valence electrons. The number of guanidine groups is 1. The Kier molecular flexibility index (Phi) is 2.85. The molecule has 2 N–H and O–H groups in total. The van der Waals surface area contributed by atoms with Crippen molar-refractivity contribution in [1.82, 2.24) is 4.72 Å². The molecule has 0 fully saturated rings. The van der Waals surface area contributed by atoms with Gasteiger partial charge in [-0.1, -0.05) is 6.92 Å². The van der Waals surface area contributed by atoms with Crippen LogP contribution in [-0.2, 0) is 10.0 Å². The Morgan fingerprint density at radius 2 is 2.31 bits per heavy atom. The van der Waals surface area contributed by atoms with Crippen molar-refractivity contribution in [3.63, 3.8) is 0 Å². The van der Waals surface area contributed by atoms with Crippen molar-refractivity contribution in [3.05, 3.63) is 11.2 Å². The summed E-state index contributed by atoms with van der Waals surface area (Å²) in [6.45, 7) is 2.39. The number of nitrogens with one attached hydrogen (secondary N) is 2. The molecule has 0 bridgehead atoms. The van der Waals surface area contributed by atoms with Crippen LogP contribution >= 0.6 is 11.3 Å². The quantitative estimate of drug-likeness (QED) is 0.846. The molecule has 0 radical (unpaired) electrons. The van der Waals surface area contributed by atoms with E-state index in [0.717, 1.165) is 23.1 Å². The van der Waals surface area contributed by atoms with Gasteiger partial charge in [0.25, 0.3) is 10.0 Å². The SMILES string of the molecule is CCCN=C1Nc2c(F)csc2S(=O)(=O)N1. The molecule has 0 aliphatic carbocycles. The molecular formula is C8H10FN3O2S2. The first-order chi connectivity index (χ1) is 7.54. The van der Waals surface area contributed by atoms with Crippen LogP contribution in [0.2, 0.25) is 0 Å². The molecule has 0 amide bonds. The summed E-state index contributed by atoms with van der Waals surface area (Å²) >= 11 is 0.842. The number of halogens is 1. The standard InChI is InChI=1S/C8H10FN3O2S2/c1-2-3-10-8-11-6-5(9)4-15-7(6)16(13,14)12-8/h4H,2-3H2,1H3,(H2,10,11,12). The first-order valence-electron chi connectivity index (χ1n) is 4.66. The van der Waals surface area contributed by atoms with E-state index in [2.05, 4.69) is 15.0 Å². The number of hydrogen-bond acceptors (Lipinski definition) is 4. The average Bonchev–Trinajstić information content (AvgIpc) is 2.58. The van der Waals surface area contributed by atoms with E-state index in [-0.39, 0.29) is 15.9 Å². The van der Waals surface area contributed by atoms with Crippen molar-refractivity contribution >= 4 is 33.0 Å². The Morgan fingerprint density at radius 3 is 3.00 bits per heavy atom. The lowest BCUT2D eigenvalue weighted by Crippen LogP contribution is -2.40. The molecule has 0 saturated carbocycles. The second-order valence-electron chi connectivity index (χ2n) is 3.21.